The fourth-order valence-electron chi connectivity index (χ4n) is 2.75. The van der Waals surface area contributed by atoms with E-state index in [0.717, 1.165) is 44.6 Å². The van der Waals surface area contributed by atoms with Crippen LogP contribution in [-0.2, 0) is 14.3 Å². The summed E-state index contributed by atoms with van der Waals surface area (Å²) in [6.45, 7) is 5.37. The quantitative estimate of drug-likeness (QED) is 0.192. The van der Waals surface area contributed by atoms with E-state index in [1.807, 2.05) is 0 Å². The number of rotatable bonds is 17. The Morgan fingerprint density at radius 2 is 1.33 bits per heavy atom. The zero-order chi connectivity index (χ0) is 20.8. The molecule has 1 atom stereocenters. The molecule has 0 spiro atoms. The van der Waals surface area contributed by atoms with Crippen LogP contribution in [0, 0.1) is 0 Å². The molecule has 0 fully saturated rings. The highest BCUT2D eigenvalue weighted by atomic mass is 16.5. The van der Waals surface area contributed by atoms with E-state index in [1.165, 1.54) is 58.5 Å². The van der Waals surface area contributed by atoms with Crippen molar-refractivity contribution in [2.75, 3.05) is 7.11 Å². The molecule has 5 heteroatoms. The molecular formula is C22H42O5. The summed E-state index contributed by atoms with van der Waals surface area (Å²) in [5, 5.41) is 18.4. The Balaban J connectivity index is 0. The zero-order valence-electron chi connectivity index (χ0n) is 17.6. The number of hydrogen-bond donors (Lipinski definition) is 2. The van der Waals surface area contributed by atoms with Crippen LogP contribution in [0.4, 0.5) is 0 Å². The standard InChI is InChI=1S/C18H36O3.C4H6O2/c1-2-3-4-11-14-17(19)15-12-9-7-5-6-8-10-13-16-18(20)21;1-3-4(5)6-2/h17,19H,2-16H2,1H3,(H,20,21);3H,1H2,2H3. The molecule has 0 heterocycles. The SMILES string of the molecule is C=CC(=O)OC.CCCCCCC(O)CCCCCCCCCCC(=O)O. The van der Waals surface area contributed by atoms with Gasteiger partial charge < -0.3 is 14.9 Å². The average molecular weight is 387 g/mol. The van der Waals surface area contributed by atoms with Gasteiger partial charge in [0.25, 0.3) is 0 Å². The fourth-order valence-corrected chi connectivity index (χ4v) is 2.75. The van der Waals surface area contributed by atoms with Crippen molar-refractivity contribution in [2.24, 2.45) is 0 Å². The molecule has 0 rings (SSSR count). The average Bonchev–Trinajstić information content (AvgIpc) is 2.66. The second-order valence-corrected chi connectivity index (χ2v) is 6.99. The maximum atomic E-state index is 10.3. The molecule has 0 aromatic rings. The first-order chi connectivity index (χ1) is 13.0. The highest BCUT2D eigenvalue weighted by molar-refractivity contribution is 5.80. The Kier molecular flexibility index (Phi) is 23.4. The molecule has 0 saturated heterocycles. The van der Waals surface area contributed by atoms with Gasteiger partial charge in [-0.3, -0.25) is 4.79 Å². The highest BCUT2D eigenvalue weighted by Crippen LogP contribution is 2.14. The summed E-state index contributed by atoms with van der Waals surface area (Å²) in [6.07, 6.45) is 17.4. The van der Waals surface area contributed by atoms with E-state index >= 15 is 0 Å². The first kappa shape index (κ1) is 27.9. The lowest BCUT2D eigenvalue weighted by Gasteiger charge is -2.10. The third-order valence-corrected chi connectivity index (χ3v) is 4.44. The monoisotopic (exact) mass is 386 g/mol. The van der Waals surface area contributed by atoms with Crippen molar-refractivity contribution in [1.29, 1.82) is 0 Å². The van der Waals surface area contributed by atoms with Gasteiger partial charge in [-0.2, -0.15) is 0 Å². The van der Waals surface area contributed by atoms with Gasteiger partial charge in [-0.1, -0.05) is 84.1 Å². The molecule has 1 unspecified atom stereocenters. The number of carbonyl (C=O) groups excluding carboxylic acids is 1. The van der Waals surface area contributed by atoms with Crippen LogP contribution in [0.2, 0.25) is 0 Å². The summed E-state index contributed by atoms with van der Waals surface area (Å²) >= 11 is 0. The predicted octanol–water partition coefficient (Wildman–Crippen LogP) is 5.65. The van der Waals surface area contributed by atoms with Crippen molar-refractivity contribution in [3.8, 4) is 0 Å². The Morgan fingerprint density at radius 3 is 1.70 bits per heavy atom. The zero-order valence-corrected chi connectivity index (χ0v) is 17.6. The minimum absolute atomic E-state index is 0.0853. The molecule has 5 nitrogen and oxygen atoms in total. The first-order valence-corrected chi connectivity index (χ1v) is 10.6. The summed E-state index contributed by atoms with van der Waals surface area (Å²) in [5.74, 6) is -1.07. The number of ether oxygens (including phenoxy) is 1. The van der Waals surface area contributed by atoms with Gasteiger partial charge in [-0.25, -0.2) is 4.79 Å². The van der Waals surface area contributed by atoms with Crippen LogP contribution in [0.3, 0.4) is 0 Å². The van der Waals surface area contributed by atoms with Gasteiger partial charge in [-0.15, -0.1) is 0 Å². The third kappa shape index (κ3) is 27.0. The normalized spacial score (nSPS) is 11.2. The van der Waals surface area contributed by atoms with Crippen LogP contribution in [0.25, 0.3) is 0 Å². The Hall–Kier alpha value is -1.36. The molecule has 0 bridgehead atoms. The second-order valence-electron chi connectivity index (χ2n) is 6.99. The van der Waals surface area contributed by atoms with Crippen LogP contribution >= 0.6 is 0 Å². The molecule has 0 aliphatic carbocycles. The van der Waals surface area contributed by atoms with Crippen molar-refractivity contribution < 1.29 is 24.5 Å². The maximum Gasteiger partial charge on any atom is 0.329 e. The number of esters is 1. The van der Waals surface area contributed by atoms with Crippen molar-refractivity contribution in [1.82, 2.24) is 0 Å². The van der Waals surface area contributed by atoms with Gasteiger partial charge >= 0.3 is 11.9 Å². The smallest absolute Gasteiger partial charge is 0.329 e. The van der Waals surface area contributed by atoms with E-state index in [4.69, 9.17) is 5.11 Å². The van der Waals surface area contributed by atoms with Crippen molar-refractivity contribution in [2.45, 2.75) is 109 Å². The van der Waals surface area contributed by atoms with E-state index in [1.54, 1.807) is 0 Å². The van der Waals surface area contributed by atoms with Gasteiger partial charge in [-0.05, 0) is 19.3 Å². The molecule has 27 heavy (non-hydrogen) atoms. The molecule has 160 valence electrons. The number of aliphatic hydroxyl groups is 1. The van der Waals surface area contributed by atoms with Crippen molar-refractivity contribution in [3.63, 3.8) is 0 Å². The Bertz CT molecular complexity index is 355. The third-order valence-electron chi connectivity index (χ3n) is 4.44. The summed E-state index contributed by atoms with van der Waals surface area (Å²) in [5.41, 5.74) is 0. The molecule has 0 radical (unpaired) electrons. The van der Waals surface area contributed by atoms with Gasteiger partial charge in [0.05, 0.1) is 13.2 Å². The van der Waals surface area contributed by atoms with Crippen LogP contribution < -0.4 is 0 Å². The largest absolute Gasteiger partial charge is 0.481 e. The number of carbonyl (C=O) groups is 2. The number of carboxylic acids is 1. The molecule has 0 aromatic heterocycles. The number of aliphatic carboxylic acids is 1. The predicted molar refractivity (Wildman–Crippen MR) is 111 cm³/mol. The fraction of sp³-hybridized carbons (Fsp3) is 0.818. The molecule has 2 N–H and O–H groups in total. The van der Waals surface area contributed by atoms with Crippen LogP contribution in [0.15, 0.2) is 12.7 Å². The highest BCUT2D eigenvalue weighted by Gasteiger charge is 2.03. The van der Waals surface area contributed by atoms with E-state index < -0.39 is 11.9 Å². The first-order valence-electron chi connectivity index (χ1n) is 10.6. The summed E-state index contributed by atoms with van der Waals surface area (Å²) < 4.78 is 4.14. The Labute approximate surface area is 166 Å². The van der Waals surface area contributed by atoms with E-state index in [2.05, 4.69) is 18.2 Å². The topological polar surface area (TPSA) is 83.8 Å². The molecule has 0 aromatic carbocycles. The lowest BCUT2D eigenvalue weighted by atomic mass is 10.0. The van der Waals surface area contributed by atoms with E-state index in [0.29, 0.717) is 6.42 Å². The minimum Gasteiger partial charge on any atom is -0.481 e. The van der Waals surface area contributed by atoms with Crippen LogP contribution in [0.1, 0.15) is 103 Å². The second kappa shape index (κ2) is 22.7. The lowest BCUT2D eigenvalue weighted by molar-refractivity contribution is -0.137. The number of hydrogen-bond acceptors (Lipinski definition) is 4. The maximum absolute atomic E-state index is 10.3. The number of aliphatic hydroxyl groups excluding tert-OH is 1. The van der Waals surface area contributed by atoms with Crippen molar-refractivity contribution >= 4 is 11.9 Å². The Morgan fingerprint density at radius 1 is 0.889 bits per heavy atom. The molecule has 0 aliphatic heterocycles. The van der Waals surface area contributed by atoms with Crippen LogP contribution in [-0.4, -0.2) is 35.4 Å². The number of methoxy groups -OCH3 is 1. The molecular weight excluding hydrogens is 344 g/mol. The summed E-state index contributed by atoms with van der Waals surface area (Å²) in [6, 6.07) is 0. The van der Waals surface area contributed by atoms with Gasteiger partial charge in [0.2, 0.25) is 0 Å². The van der Waals surface area contributed by atoms with Gasteiger partial charge in [0.15, 0.2) is 0 Å². The van der Waals surface area contributed by atoms with Gasteiger partial charge in [0, 0.05) is 12.5 Å². The molecule has 0 amide bonds. The summed E-state index contributed by atoms with van der Waals surface area (Å²) in [4.78, 5) is 20.2. The minimum atomic E-state index is -0.678. The van der Waals surface area contributed by atoms with E-state index in [9.17, 15) is 14.7 Å². The summed E-state index contributed by atoms with van der Waals surface area (Å²) in [7, 11) is 1.31. The van der Waals surface area contributed by atoms with Crippen molar-refractivity contribution in [3.05, 3.63) is 12.7 Å². The van der Waals surface area contributed by atoms with Gasteiger partial charge in [0.1, 0.15) is 0 Å². The van der Waals surface area contributed by atoms with E-state index in [-0.39, 0.29) is 6.10 Å². The number of carboxylic acid groups (broad SMARTS) is 1. The molecule has 0 aliphatic rings. The lowest BCUT2D eigenvalue weighted by Crippen LogP contribution is -2.05. The molecule has 0 saturated carbocycles. The van der Waals surface area contributed by atoms with Crippen LogP contribution in [0.5, 0.6) is 0 Å². The number of unbranched alkanes of at least 4 members (excludes halogenated alkanes) is 10.